The molecule has 0 bridgehead atoms. The third-order valence-electron chi connectivity index (χ3n) is 8.05. The monoisotopic (exact) mass is 581 g/mol. The van der Waals surface area contributed by atoms with E-state index in [0.717, 1.165) is 28.0 Å². The Morgan fingerprint density at radius 2 is 1.77 bits per heavy atom. The van der Waals surface area contributed by atoms with E-state index >= 15 is 0 Å². The van der Waals surface area contributed by atoms with Crippen molar-refractivity contribution in [2.24, 2.45) is 0 Å². The van der Waals surface area contributed by atoms with Crippen molar-refractivity contribution in [1.82, 2.24) is 29.8 Å². The van der Waals surface area contributed by atoms with Gasteiger partial charge in [0.05, 0.1) is 16.7 Å². The largest absolute Gasteiger partial charge is 0.506 e. The van der Waals surface area contributed by atoms with Gasteiger partial charge in [0, 0.05) is 30.2 Å². The van der Waals surface area contributed by atoms with Gasteiger partial charge in [-0.3, -0.25) is 14.2 Å². The molecule has 1 fully saturated rings. The number of imidazole rings is 1. The lowest BCUT2D eigenvalue weighted by Crippen LogP contribution is -2.34. The average molecular weight is 582 g/mol. The number of nitrogens with zero attached hydrogens (tertiary/aromatic N) is 5. The number of nitrogen functional groups attached to an aromatic ring is 1. The van der Waals surface area contributed by atoms with E-state index in [1.807, 2.05) is 83.4 Å². The number of rotatable bonds is 8. The Bertz CT molecular complexity index is 2030. The van der Waals surface area contributed by atoms with Gasteiger partial charge in [-0.05, 0) is 66.4 Å². The van der Waals surface area contributed by atoms with Crippen LogP contribution in [0.25, 0.3) is 39.5 Å². The van der Waals surface area contributed by atoms with Gasteiger partial charge in [0.1, 0.15) is 22.8 Å². The Morgan fingerprint density at radius 1 is 0.977 bits per heavy atom. The molecule has 0 spiro atoms. The zero-order valence-electron chi connectivity index (χ0n) is 23.5. The van der Waals surface area contributed by atoms with Crippen LogP contribution in [0, 0.1) is 0 Å². The highest BCUT2D eigenvalue weighted by molar-refractivity contribution is 5.91. The molecule has 44 heavy (non-hydrogen) atoms. The highest BCUT2D eigenvalue weighted by Crippen LogP contribution is 2.49. The first-order valence-electron chi connectivity index (χ1n) is 14.1. The van der Waals surface area contributed by atoms with Gasteiger partial charge < -0.3 is 16.2 Å². The van der Waals surface area contributed by atoms with Crippen LogP contribution in [0.1, 0.15) is 34.5 Å². The van der Waals surface area contributed by atoms with E-state index in [9.17, 15) is 14.7 Å². The Kier molecular flexibility index (Phi) is 6.58. The van der Waals surface area contributed by atoms with E-state index in [1.54, 1.807) is 6.20 Å². The zero-order chi connectivity index (χ0) is 30.3. The number of anilines is 1. The standard InChI is InChI=1S/C34H27N7O3/c35-30-25(7-4-16-36-30)31-40-27-13-12-26(22-5-2-1-3-6-22)39-32(27)41(31)24-10-8-21(9-11-24)18-38-33(44)34(14-15-34)23-17-29(43)28(20-42)37-19-23/h1-13,16-17,19-20,43H,14-15,18H2,(H2,35,36)(H,38,44). The van der Waals surface area contributed by atoms with Gasteiger partial charge in [0.25, 0.3) is 0 Å². The molecule has 1 saturated carbocycles. The molecule has 1 aliphatic carbocycles. The molecule has 4 heterocycles. The summed E-state index contributed by atoms with van der Waals surface area (Å²) in [6, 6.07) is 26.9. The van der Waals surface area contributed by atoms with Gasteiger partial charge in [-0.2, -0.15) is 0 Å². The van der Waals surface area contributed by atoms with Crippen LogP contribution in [-0.4, -0.2) is 41.8 Å². The summed E-state index contributed by atoms with van der Waals surface area (Å²) >= 11 is 0. The Hall–Kier alpha value is -5.90. The molecule has 1 aliphatic rings. The molecule has 4 aromatic heterocycles. The lowest BCUT2D eigenvalue weighted by Gasteiger charge is -2.16. The van der Waals surface area contributed by atoms with Crippen LogP contribution in [0.5, 0.6) is 5.75 Å². The number of benzene rings is 2. The first-order valence-corrected chi connectivity index (χ1v) is 14.1. The number of nitrogens with two attached hydrogens (primary N) is 1. The van der Waals surface area contributed by atoms with E-state index in [2.05, 4.69) is 15.3 Å². The Balaban J connectivity index is 1.19. The van der Waals surface area contributed by atoms with Crippen molar-refractivity contribution in [2.75, 3.05) is 5.73 Å². The molecular weight excluding hydrogens is 554 g/mol. The minimum atomic E-state index is -0.748. The van der Waals surface area contributed by atoms with Gasteiger partial charge in [-0.15, -0.1) is 0 Å². The van der Waals surface area contributed by atoms with E-state index in [4.69, 9.17) is 15.7 Å². The molecule has 216 valence electrons. The molecule has 4 N–H and O–H groups in total. The molecule has 0 aliphatic heterocycles. The van der Waals surface area contributed by atoms with E-state index in [-0.39, 0.29) is 17.4 Å². The van der Waals surface area contributed by atoms with Crippen molar-refractivity contribution >= 4 is 29.2 Å². The highest BCUT2D eigenvalue weighted by Gasteiger charge is 2.51. The summed E-state index contributed by atoms with van der Waals surface area (Å²) in [7, 11) is 0. The summed E-state index contributed by atoms with van der Waals surface area (Å²) in [5.41, 5.74) is 11.7. The van der Waals surface area contributed by atoms with Gasteiger partial charge in [-0.1, -0.05) is 42.5 Å². The Morgan fingerprint density at radius 3 is 2.48 bits per heavy atom. The fraction of sp³-hybridized carbons (Fsp3) is 0.118. The fourth-order valence-corrected chi connectivity index (χ4v) is 5.46. The number of pyridine rings is 3. The second kappa shape index (κ2) is 10.7. The number of aromatic hydroxyl groups is 1. The van der Waals surface area contributed by atoms with Gasteiger partial charge in [-0.25, -0.2) is 19.9 Å². The summed E-state index contributed by atoms with van der Waals surface area (Å²) < 4.78 is 1.97. The van der Waals surface area contributed by atoms with Crippen LogP contribution in [-0.2, 0) is 16.8 Å². The number of hydrogen-bond acceptors (Lipinski definition) is 8. The summed E-state index contributed by atoms with van der Waals surface area (Å²) in [4.78, 5) is 42.4. The number of amides is 1. The first-order chi connectivity index (χ1) is 21.5. The number of hydrogen-bond donors (Lipinski definition) is 3. The fourth-order valence-electron chi connectivity index (χ4n) is 5.46. The lowest BCUT2D eigenvalue weighted by molar-refractivity contribution is -0.123. The van der Waals surface area contributed by atoms with Crippen molar-refractivity contribution in [2.45, 2.75) is 24.8 Å². The number of nitrogens with one attached hydrogen (secondary N) is 1. The molecule has 10 heteroatoms. The predicted molar refractivity (Wildman–Crippen MR) is 166 cm³/mol. The zero-order valence-corrected chi connectivity index (χ0v) is 23.5. The molecule has 10 nitrogen and oxygen atoms in total. The molecule has 0 atom stereocenters. The molecule has 1 amide bonds. The molecule has 6 aromatic rings. The van der Waals surface area contributed by atoms with E-state index < -0.39 is 5.41 Å². The molecular formula is C34H27N7O3. The van der Waals surface area contributed by atoms with Crippen LogP contribution in [0.15, 0.2) is 97.3 Å². The molecule has 2 aromatic carbocycles. The minimum Gasteiger partial charge on any atom is -0.506 e. The van der Waals surface area contributed by atoms with Crippen molar-refractivity contribution in [3.63, 3.8) is 0 Å². The van der Waals surface area contributed by atoms with Gasteiger partial charge in [0.2, 0.25) is 5.91 Å². The van der Waals surface area contributed by atoms with Gasteiger partial charge in [0.15, 0.2) is 17.8 Å². The molecule has 0 radical (unpaired) electrons. The van der Waals surface area contributed by atoms with Crippen LogP contribution >= 0.6 is 0 Å². The minimum absolute atomic E-state index is 0.0448. The summed E-state index contributed by atoms with van der Waals surface area (Å²) in [6.45, 7) is 0.316. The maximum atomic E-state index is 13.2. The summed E-state index contributed by atoms with van der Waals surface area (Å²) in [5.74, 6) is 0.619. The third-order valence-corrected chi connectivity index (χ3v) is 8.05. The van der Waals surface area contributed by atoms with E-state index in [1.165, 1.54) is 12.3 Å². The van der Waals surface area contributed by atoms with Crippen LogP contribution in [0.4, 0.5) is 5.82 Å². The average Bonchev–Trinajstić information content (AvgIpc) is 3.79. The van der Waals surface area contributed by atoms with Gasteiger partial charge >= 0.3 is 0 Å². The smallest absolute Gasteiger partial charge is 0.230 e. The van der Waals surface area contributed by atoms with Crippen LogP contribution in [0.2, 0.25) is 0 Å². The molecule has 7 rings (SSSR count). The van der Waals surface area contributed by atoms with Crippen LogP contribution < -0.4 is 11.1 Å². The SMILES string of the molecule is Nc1ncccc1-c1nc2ccc(-c3ccccc3)nc2n1-c1ccc(CNC(=O)C2(c3cnc(C=O)c(O)c3)CC2)cc1. The van der Waals surface area contributed by atoms with E-state index in [0.29, 0.717) is 54.1 Å². The van der Waals surface area contributed by atoms with Crippen molar-refractivity contribution in [1.29, 1.82) is 0 Å². The quantitative estimate of drug-likeness (QED) is 0.213. The normalized spacial score (nSPS) is 13.5. The third kappa shape index (κ3) is 4.72. The lowest BCUT2D eigenvalue weighted by atomic mass is 9.96. The number of carbonyl (C=O) groups excluding carboxylic acids is 2. The maximum Gasteiger partial charge on any atom is 0.230 e. The highest BCUT2D eigenvalue weighted by atomic mass is 16.3. The second-order valence-corrected chi connectivity index (χ2v) is 10.8. The topological polar surface area (TPSA) is 149 Å². The summed E-state index contributed by atoms with van der Waals surface area (Å²) in [5, 5.41) is 13.1. The number of carbonyl (C=O) groups is 2. The summed E-state index contributed by atoms with van der Waals surface area (Å²) in [6.07, 6.45) is 4.91. The molecule has 0 saturated heterocycles. The Labute approximate surface area is 252 Å². The second-order valence-electron chi connectivity index (χ2n) is 10.8. The van der Waals surface area contributed by atoms with Crippen molar-refractivity contribution < 1.29 is 14.7 Å². The maximum absolute atomic E-state index is 13.2. The number of aromatic nitrogens is 5. The first kappa shape index (κ1) is 27.0. The predicted octanol–water partition coefficient (Wildman–Crippen LogP) is 4.99. The number of aldehydes is 1. The van der Waals surface area contributed by atoms with Crippen LogP contribution in [0.3, 0.4) is 0 Å². The van der Waals surface area contributed by atoms with Crippen molar-refractivity contribution in [3.8, 4) is 34.1 Å². The number of fused-ring (bicyclic) bond motifs is 1. The molecule has 0 unspecified atom stereocenters. The van der Waals surface area contributed by atoms with Crippen molar-refractivity contribution in [3.05, 3.63) is 114 Å².